The Labute approximate surface area is 106 Å². The van der Waals surface area contributed by atoms with Gasteiger partial charge in [-0.05, 0) is 13.0 Å². The van der Waals surface area contributed by atoms with Gasteiger partial charge in [-0.2, -0.15) is 0 Å². The molecular weight excluding hydrogens is 227 g/mol. The van der Waals surface area contributed by atoms with Crippen LogP contribution in [-0.2, 0) is 4.57 Å². The van der Waals surface area contributed by atoms with Gasteiger partial charge < -0.3 is 4.57 Å². The van der Waals surface area contributed by atoms with Crippen LogP contribution >= 0.6 is 7.14 Å². The molecule has 96 valence electrons. The molecule has 1 aromatic rings. The van der Waals surface area contributed by atoms with Crippen LogP contribution in [0.1, 0.15) is 47.1 Å². The van der Waals surface area contributed by atoms with E-state index in [9.17, 15) is 4.57 Å². The number of benzene rings is 1. The smallest absolute Gasteiger partial charge is 0.125 e. The molecular formula is C15H25OP. The third kappa shape index (κ3) is 2.50. The van der Waals surface area contributed by atoms with Crippen LogP contribution in [0.3, 0.4) is 0 Å². The van der Waals surface area contributed by atoms with E-state index in [0.29, 0.717) is 0 Å². The standard InChI is InChI=1S/C15H25OP/c1-12-9-8-10-13(11-12)17(16,14(2,3)4)15(5,6)7/h8-11H,1-7H3. The van der Waals surface area contributed by atoms with Crippen LogP contribution in [0.2, 0.25) is 0 Å². The zero-order chi connectivity index (χ0) is 13.5. The highest BCUT2D eigenvalue weighted by atomic mass is 31.2. The van der Waals surface area contributed by atoms with Crippen molar-refractivity contribution in [1.82, 2.24) is 0 Å². The largest absolute Gasteiger partial charge is 0.318 e. The predicted octanol–water partition coefficient (Wildman–Crippen LogP) is 4.58. The van der Waals surface area contributed by atoms with Crippen LogP contribution in [-0.4, -0.2) is 10.3 Å². The molecule has 0 amide bonds. The summed E-state index contributed by atoms with van der Waals surface area (Å²) in [6, 6.07) is 8.16. The number of aryl methyl sites for hydroxylation is 1. The Morgan fingerprint density at radius 3 is 1.76 bits per heavy atom. The lowest BCUT2D eigenvalue weighted by atomic mass is 10.2. The van der Waals surface area contributed by atoms with Gasteiger partial charge in [0.1, 0.15) is 7.14 Å². The number of rotatable bonds is 1. The molecule has 17 heavy (non-hydrogen) atoms. The summed E-state index contributed by atoms with van der Waals surface area (Å²) in [6.45, 7) is 14.6. The van der Waals surface area contributed by atoms with Gasteiger partial charge in [0.05, 0.1) is 0 Å². The monoisotopic (exact) mass is 252 g/mol. The third-order valence-electron chi connectivity index (χ3n) is 3.25. The summed E-state index contributed by atoms with van der Waals surface area (Å²) in [5, 5.41) is 0.593. The van der Waals surface area contributed by atoms with Gasteiger partial charge in [0.25, 0.3) is 0 Å². The molecule has 1 nitrogen and oxygen atoms in total. The molecule has 0 radical (unpaired) electrons. The highest BCUT2D eigenvalue weighted by molar-refractivity contribution is 7.74. The first-order valence-electron chi connectivity index (χ1n) is 6.17. The van der Waals surface area contributed by atoms with Crippen molar-refractivity contribution in [3.63, 3.8) is 0 Å². The molecule has 0 spiro atoms. The number of hydrogen-bond donors (Lipinski definition) is 0. The molecule has 0 N–H and O–H groups in total. The zero-order valence-corrected chi connectivity index (χ0v) is 13.1. The lowest BCUT2D eigenvalue weighted by molar-refractivity contribution is 0.527. The van der Waals surface area contributed by atoms with Gasteiger partial charge in [0.15, 0.2) is 0 Å². The minimum atomic E-state index is -2.47. The summed E-state index contributed by atoms with van der Waals surface area (Å²) in [6.07, 6.45) is 0. The van der Waals surface area contributed by atoms with E-state index < -0.39 is 7.14 Å². The van der Waals surface area contributed by atoms with Crippen LogP contribution in [0.15, 0.2) is 24.3 Å². The fourth-order valence-electron chi connectivity index (χ4n) is 2.60. The van der Waals surface area contributed by atoms with Crippen molar-refractivity contribution in [2.75, 3.05) is 0 Å². The Bertz CT molecular complexity index is 429. The summed E-state index contributed by atoms with van der Waals surface area (Å²) in [5.74, 6) is 0. The van der Waals surface area contributed by atoms with Crippen molar-refractivity contribution in [3.05, 3.63) is 29.8 Å². The second-order valence-electron chi connectivity index (χ2n) is 6.79. The Kier molecular flexibility index (Phi) is 3.65. The predicted molar refractivity (Wildman–Crippen MR) is 77.9 cm³/mol. The Hall–Kier alpha value is -0.550. The van der Waals surface area contributed by atoms with Crippen molar-refractivity contribution in [2.24, 2.45) is 0 Å². The van der Waals surface area contributed by atoms with E-state index in [4.69, 9.17) is 0 Å². The molecule has 0 fully saturated rings. The van der Waals surface area contributed by atoms with Gasteiger partial charge >= 0.3 is 0 Å². The molecule has 2 heteroatoms. The van der Waals surface area contributed by atoms with E-state index in [1.54, 1.807) is 0 Å². The van der Waals surface area contributed by atoms with Crippen molar-refractivity contribution in [1.29, 1.82) is 0 Å². The van der Waals surface area contributed by atoms with Gasteiger partial charge in [0.2, 0.25) is 0 Å². The van der Waals surface area contributed by atoms with Crippen LogP contribution in [0.4, 0.5) is 0 Å². The second-order valence-corrected chi connectivity index (χ2v) is 11.2. The minimum absolute atomic E-state index is 0.209. The normalized spacial score (nSPS) is 13.8. The molecule has 0 aliphatic carbocycles. The van der Waals surface area contributed by atoms with Crippen LogP contribution in [0.25, 0.3) is 0 Å². The molecule has 1 aromatic carbocycles. The summed E-state index contributed by atoms with van der Waals surface area (Å²) >= 11 is 0. The maximum atomic E-state index is 13.6. The first-order valence-corrected chi connectivity index (χ1v) is 7.88. The molecule has 0 aliphatic heterocycles. The average molecular weight is 252 g/mol. The zero-order valence-electron chi connectivity index (χ0n) is 12.2. The lowest BCUT2D eigenvalue weighted by Gasteiger charge is -2.41. The van der Waals surface area contributed by atoms with E-state index in [1.165, 1.54) is 5.56 Å². The maximum Gasteiger partial charge on any atom is 0.125 e. The van der Waals surface area contributed by atoms with Gasteiger partial charge in [-0.15, -0.1) is 0 Å². The third-order valence-corrected chi connectivity index (χ3v) is 8.04. The topological polar surface area (TPSA) is 17.1 Å². The SMILES string of the molecule is Cc1cccc(P(=O)(C(C)(C)C)C(C)(C)C)c1. The fourth-order valence-corrected chi connectivity index (χ4v) is 6.85. The van der Waals surface area contributed by atoms with Gasteiger partial charge in [-0.3, -0.25) is 0 Å². The molecule has 0 atom stereocenters. The fraction of sp³-hybridized carbons (Fsp3) is 0.600. The van der Waals surface area contributed by atoms with E-state index in [-0.39, 0.29) is 10.3 Å². The van der Waals surface area contributed by atoms with E-state index in [1.807, 2.05) is 12.1 Å². The molecule has 0 aromatic heterocycles. The second kappa shape index (κ2) is 4.28. The average Bonchev–Trinajstić information content (AvgIpc) is 2.12. The molecule has 0 heterocycles. The minimum Gasteiger partial charge on any atom is -0.318 e. The van der Waals surface area contributed by atoms with Crippen molar-refractivity contribution < 1.29 is 4.57 Å². The first-order chi connectivity index (χ1) is 7.50. The van der Waals surface area contributed by atoms with E-state index in [2.05, 4.69) is 60.6 Å². The summed E-state index contributed by atoms with van der Waals surface area (Å²) in [7, 11) is -2.47. The molecule has 0 saturated heterocycles. The molecule has 0 unspecified atom stereocenters. The Morgan fingerprint density at radius 2 is 1.41 bits per heavy atom. The molecule has 0 bridgehead atoms. The van der Waals surface area contributed by atoms with E-state index in [0.717, 1.165) is 5.30 Å². The summed E-state index contributed by atoms with van der Waals surface area (Å²) in [4.78, 5) is 0. The highest BCUT2D eigenvalue weighted by Crippen LogP contribution is 2.65. The van der Waals surface area contributed by atoms with Gasteiger partial charge in [-0.1, -0.05) is 65.3 Å². The van der Waals surface area contributed by atoms with Gasteiger partial charge in [0, 0.05) is 15.6 Å². The van der Waals surface area contributed by atoms with Crippen molar-refractivity contribution >= 4 is 12.4 Å². The van der Waals surface area contributed by atoms with Crippen molar-refractivity contribution in [3.8, 4) is 0 Å². The molecule has 1 rings (SSSR count). The lowest BCUT2D eigenvalue weighted by Crippen LogP contribution is -2.35. The van der Waals surface area contributed by atoms with Crippen LogP contribution < -0.4 is 5.30 Å². The van der Waals surface area contributed by atoms with E-state index >= 15 is 0 Å². The summed E-state index contributed by atoms with van der Waals surface area (Å²) < 4.78 is 13.6. The Balaban J connectivity index is 3.53. The Morgan fingerprint density at radius 1 is 0.941 bits per heavy atom. The quantitative estimate of drug-likeness (QED) is 0.668. The molecule has 0 saturated carbocycles. The van der Waals surface area contributed by atoms with Crippen LogP contribution in [0.5, 0.6) is 0 Å². The first kappa shape index (κ1) is 14.5. The van der Waals surface area contributed by atoms with Crippen molar-refractivity contribution in [2.45, 2.75) is 58.8 Å². The highest BCUT2D eigenvalue weighted by Gasteiger charge is 2.47. The molecule has 0 aliphatic rings. The van der Waals surface area contributed by atoms with Crippen LogP contribution in [0, 0.1) is 6.92 Å². The summed E-state index contributed by atoms with van der Waals surface area (Å²) in [5.41, 5.74) is 1.18. The number of hydrogen-bond acceptors (Lipinski definition) is 1. The van der Waals surface area contributed by atoms with Gasteiger partial charge in [-0.25, -0.2) is 0 Å². The maximum absolute atomic E-state index is 13.6.